The summed E-state index contributed by atoms with van der Waals surface area (Å²) in [4.78, 5) is 25.1. The molecule has 5 N–H and O–H groups in total. The Bertz CT molecular complexity index is 1640. The average Bonchev–Trinajstić information content (AvgIpc) is 2.98. The van der Waals surface area contributed by atoms with E-state index in [9.17, 15) is 36.3 Å². The van der Waals surface area contributed by atoms with Gasteiger partial charge in [0.05, 0.1) is 26.8 Å². The van der Waals surface area contributed by atoms with Crippen LogP contribution >= 0.6 is 11.6 Å². The fraction of sp³-hybridized carbons (Fsp3) is 0.333. The molecule has 0 aromatic heterocycles. The summed E-state index contributed by atoms with van der Waals surface area (Å²) in [6, 6.07) is 13.2. The van der Waals surface area contributed by atoms with Gasteiger partial charge < -0.3 is 21.5 Å². The van der Waals surface area contributed by atoms with E-state index in [1.165, 1.54) is 12.1 Å². The molecule has 6 rings (SSSR count). The molecule has 3 aromatic carbocycles. The van der Waals surface area contributed by atoms with Crippen molar-refractivity contribution in [1.82, 2.24) is 5.32 Å². The van der Waals surface area contributed by atoms with E-state index in [0.717, 1.165) is 11.6 Å². The highest BCUT2D eigenvalue weighted by Crippen LogP contribution is 2.55. The van der Waals surface area contributed by atoms with Crippen LogP contribution in [0.5, 0.6) is 0 Å². The number of carbonyl (C=O) groups excluding carboxylic acids is 2. The second-order valence-electron chi connectivity index (χ2n) is 11.1. The lowest BCUT2D eigenvalue weighted by Crippen LogP contribution is -2.66. The van der Waals surface area contributed by atoms with Gasteiger partial charge in [0.1, 0.15) is 0 Å². The number of aliphatic hydroxyl groups is 1. The van der Waals surface area contributed by atoms with Gasteiger partial charge in [0.25, 0.3) is 5.91 Å². The zero-order valence-corrected chi connectivity index (χ0v) is 24.3. The van der Waals surface area contributed by atoms with Crippen molar-refractivity contribution >= 4 is 38.9 Å². The highest BCUT2D eigenvalue weighted by atomic mass is 35.5. The minimum Gasteiger partial charge on any atom is -0.387 e. The first kappa shape index (κ1) is 31.0. The molecule has 2 unspecified atom stereocenters. The fourth-order valence-electron chi connectivity index (χ4n) is 5.99. The Balaban J connectivity index is 1.24. The largest absolute Gasteiger partial charge is 0.387 e. The van der Waals surface area contributed by atoms with E-state index in [1.54, 1.807) is 0 Å². The van der Waals surface area contributed by atoms with Crippen LogP contribution in [0.3, 0.4) is 0 Å². The molecule has 13 heteroatoms. The van der Waals surface area contributed by atoms with Crippen LogP contribution in [0.4, 0.5) is 18.9 Å². The fourth-order valence-corrected chi connectivity index (χ4v) is 8.39. The first-order valence-corrected chi connectivity index (χ1v) is 15.5. The first-order chi connectivity index (χ1) is 20.3. The third kappa shape index (κ3) is 6.14. The summed E-state index contributed by atoms with van der Waals surface area (Å²) in [5.41, 5.74) is 5.15. The number of sulfone groups is 1. The molecule has 0 aliphatic heterocycles. The molecule has 43 heavy (non-hydrogen) atoms. The quantitative estimate of drug-likeness (QED) is 0.262. The van der Waals surface area contributed by atoms with E-state index in [0.29, 0.717) is 25.0 Å². The summed E-state index contributed by atoms with van der Waals surface area (Å²) >= 11 is 6.24. The molecule has 2 amide bonds. The van der Waals surface area contributed by atoms with Crippen LogP contribution in [0.1, 0.15) is 35.2 Å². The maximum Gasteiger partial charge on any atom is 0.255 e. The zero-order valence-electron chi connectivity index (χ0n) is 22.7. The number of benzene rings is 3. The van der Waals surface area contributed by atoms with Crippen LogP contribution in [0.2, 0.25) is 5.02 Å². The van der Waals surface area contributed by atoms with Crippen molar-refractivity contribution in [2.75, 3.05) is 11.9 Å². The van der Waals surface area contributed by atoms with Gasteiger partial charge in [0.2, 0.25) is 5.91 Å². The van der Waals surface area contributed by atoms with Gasteiger partial charge in [-0.25, -0.2) is 21.6 Å². The number of fused-ring (bicyclic) bond motifs is 2. The number of hydrogen-bond acceptors (Lipinski definition) is 6. The smallest absolute Gasteiger partial charge is 0.255 e. The average molecular weight is 636 g/mol. The standard InChI is InChI=1S/C30H29ClF3N3O5S/c31-22-7-6-17(28(38)37-20-13-23(32)27(34)24(33)14-20)9-26(22)43(41,42)21-11-18-10-19(12-21)30(18,40)15-36-29(39)25(35)8-16-4-2-1-3-5-16/h1-7,9,13-14,18-19,21,25,40H,8,10-12,15,35H2,(H,36,39)(H,37,38)/t18?,19?,21?,25-,30?/m0/s1. The Kier molecular flexibility index (Phi) is 8.59. The Morgan fingerprint density at radius 1 is 1.00 bits per heavy atom. The van der Waals surface area contributed by atoms with Gasteiger partial charge in [-0.3, -0.25) is 9.59 Å². The van der Waals surface area contributed by atoms with Crippen molar-refractivity contribution in [1.29, 1.82) is 0 Å². The molecule has 3 fully saturated rings. The summed E-state index contributed by atoms with van der Waals surface area (Å²) in [6.07, 6.45) is 1.15. The normalized spacial score (nSPS) is 23.6. The minimum absolute atomic E-state index is 0.0581. The lowest BCUT2D eigenvalue weighted by molar-refractivity contribution is -0.174. The second kappa shape index (κ2) is 11.9. The number of anilines is 1. The van der Waals surface area contributed by atoms with Gasteiger partial charge in [0, 0.05) is 29.9 Å². The number of rotatable bonds is 9. The molecule has 0 radical (unpaired) electrons. The maximum absolute atomic E-state index is 13.6. The third-order valence-electron chi connectivity index (χ3n) is 8.44. The molecule has 0 saturated heterocycles. The molecule has 3 aliphatic rings. The van der Waals surface area contributed by atoms with Crippen molar-refractivity contribution in [3.63, 3.8) is 0 Å². The first-order valence-electron chi connectivity index (χ1n) is 13.6. The van der Waals surface area contributed by atoms with Crippen molar-refractivity contribution in [2.24, 2.45) is 17.6 Å². The van der Waals surface area contributed by atoms with Gasteiger partial charge in [-0.1, -0.05) is 41.9 Å². The van der Waals surface area contributed by atoms with E-state index >= 15 is 0 Å². The maximum atomic E-state index is 13.6. The van der Waals surface area contributed by atoms with Crippen LogP contribution in [-0.4, -0.2) is 48.8 Å². The van der Waals surface area contributed by atoms with E-state index < -0.39 is 67.8 Å². The van der Waals surface area contributed by atoms with E-state index in [2.05, 4.69) is 10.6 Å². The molecule has 0 spiro atoms. The number of nitrogens with two attached hydrogens (primary N) is 1. The molecule has 3 aromatic rings. The van der Waals surface area contributed by atoms with Crippen LogP contribution in [0, 0.1) is 29.3 Å². The number of halogens is 4. The van der Waals surface area contributed by atoms with Crippen LogP contribution < -0.4 is 16.4 Å². The lowest BCUT2D eigenvalue weighted by atomic mass is 9.53. The Hall–Kier alpha value is -3.45. The highest BCUT2D eigenvalue weighted by molar-refractivity contribution is 7.92. The van der Waals surface area contributed by atoms with Crippen molar-refractivity contribution in [2.45, 2.75) is 47.5 Å². The Morgan fingerprint density at radius 3 is 2.26 bits per heavy atom. The van der Waals surface area contributed by atoms with E-state index in [1.807, 2.05) is 30.3 Å². The van der Waals surface area contributed by atoms with Gasteiger partial charge >= 0.3 is 0 Å². The minimum atomic E-state index is -4.07. The molecule has 228 valence electrons. The molecule has 8 nitrogen and oxygen atoms in total. The third-order valence-corrected chi connectivity index (χ3v) is 11.1. The topological polar surface area (TPSA) is 139 Å². The molecule has 3 aliphatic carbocycles. The summed E-state index contributed by atoms with van der Waals surface area (Å²) in [7, 11) is -4.07. The summed E-state index contributed by atoms with van der Waals surface area (Å²) < 4.78 is 67.7. The van der Waals surface area contributed by atoms with Crippen molar-refractivity contribution in [3.8, 4) is 0 Å². The van der Waals surface area contributed by atoms with Crippen LogP contribution in [0.15, 0.2) is 65.6 Å². The number of amides is 2. The molecule has 3 saturated carbocycles. The monoisotopic (exact) mass is 635 g/mol. The molecule has 3 atom stereocenters. The van der Waals surface area contributed by atoms with Crippen molar-refractivity contribution in [3.05, 3.63) is 94.3 Å². The number of nitrogens with one attached hydrogen (secondary N) is 2. The van der Waals surface area contributed by atoms with E-state index in [4.69, 9.17) is 17.3 Å². The Morgan fingerprint density at radius 2 is 1.63 bits per heavy atom. The van der Waals surface area contributed by atoms with Crippen molar-refractivity contribution < 1.29 is 36.3 Å². The van der Waals surface area contributed by atoms with Gasteiger partial charge in [-0.15, -0.1) is 0 Å². The predicted octanol–water partition coefficient (Wildman–Crippen LogP) is 4.00. The second-order valence-corrected chi connectivity index (χ2v) is 13.7. The molecule has 2 bridgehead atoms. The van der Waals surface area contributed by atoms with Crippen LogP contribution in [0.25, 0.3) is 0 Å². The van der Waals surface area contributed by atoms with Gasteiger partial charge in [-0.05, 0) is 61.3 Å². The summed E-state index contributed by atoms with van der Waals surface area (Å²) in [6.45, 7) is -0.0581. The summed E-state index contributed by atoms with van der Waals surface area (Å²) in [5, 5.41) is 15.2. The summed E-state index contributed by atoms with van der Waals surface area (Å²) in [5.74, 6) is -6.79. The highest BCUT2D eigenvalue weighted by Gasteiger charge is 2.60. The zero-order chi connectivity index (χ0) is 31.1. The van der Waals surface area contributed by atoms with Crippen LogP contribution in [-0.2, 0) is 21.1 Å². The van der Waals surface area contributed by atoms with Gasteiger partial charge in [0.15, 0.2) is 27.3 Å². The van der Waals surface area contributed by atoms with E-state index in [-0.39, 0.29) is 40.6 Å². The molecular weight excluding hydrogens is 607 g/mol. The predicted molar refractivity (Wildman–Crippen MR) is 154 cm³/mol. The molecular formula is C30H29ClF3N3O5S. The SMILES string of the molecule is N[C@@H](Cc1ccccc1)C(=O)NCC1(O)C2CC1CC(S(=O)(=O)c1cc(C(=O)Nc3cc(F)c(F)c(F)c3)ccc1Cl)C2. The van der Waals surface area contributed by atoms with Gasteiger partial charge in [-0.2, -0.15) is 0 Å². The number of carbonyl (C=O) groups is 2. The number of hydrogen-bond donors (Lipinski definition) is 4. The lowest BCUT2D eigenvalue weighted by Gasteiger charge is -2.58. The Labute approximate surface area is 251 Å². The molecule has 0 heterocycles.